The van der Waals surface area contributed by atoms with Gasteiger partial charge in [0.2, 0.25) is 5.95 Å². The van der Waals surface area contributed by atoms with Crippen LogP contribution in [0.15, 0.2) is 60.8 Å². The van der Waals surface area contributed by atoms with Crippen LogP contribution in [0.3, 0.4) is 0 Å². The summed E-state index contributed by atoms with van der Waals surface area (Å²) in [5.41, 5.74) is 4.68. The average molecular weight is 390 g/mol. The van der Waals surface area contributed by atoms with E-state index < -0.39 is 0 Å². The minimum absolute atomic E-state index is 0.638. The molecule has 2 heterocycles. The Kier molecular flexibility index (Phi) is 6.34. The van der Waals surface area contributed by atoms with E-state index in [1.165, 1.54) is 16.7 Å². The summed E-state index contributed by atoms with van der Waals surface area (Å²) >= 11 is 0. The first-order valence-electron chi connectivity index (χ1n) is 10.1. The van der Waals surface area contributed by atoms with E-state index in [0.29, 0.717) is 5.95 Å². The molecule has 6 heteroatoms. The molecule has 0 aliphatic carbocycles. The van der Waals surface area contributed by atoms with Gasteiger partial charge in [0, 0.05) is 38.1 Å². The molecule has 150 valence electrons. The predicted octanol–water partition coefficient (Wildman–Crippen LogP) is 3.94. The van der Waals surface area contributed by atoms with E-state index in [0.717, 1.165) is 50.9 Å². The van der Waals surface area contributed by atoms with E-state index in [9.17, 15) is 0 Å². The van der Waals surface area contributed by atoms with Crippen LogP contribution in [-0.2, 0) is 4.74 Å². The Bertz CT molecular complexity index is 905. The summed E-state index contributed by atoms with van der Waals surface area (Å²) in [6.45, 7) is 7.49. The van der Waals surface area contributed by atoms with Gasteiger partial charge in [-0.25, -0.2) is 4.98 Å². The number of benzene rings is 2. The number of aromatic nitrogens is 2. The van der Waals surface area contributed by atoms with Gasteiger partial charge in [0.15, 0.2) is 0 Å². The van der Waals surface area contributed by atoms with Gasteiger partial charge >= 0.3 is 0 Å². The molecule has 2 aromatic carbocycles. The summed E-state index contributed by atoms with van der Waals surface area (Å²) in [7, 11) is 0. The molecule has 0 saturated carbocycles. The smallest absolute Gasteiger partial charge is 0.224 e. The van der Waals surface area contributed by atoms with Crippen molar-refractivity contribution in [2.75, 3.05) is 50.0 Å². The second-order valence-corrected chi connectivity index (χ2v) is 7.21. The molecule has 2 N–H and O–H groups in total. The molecule has 3 aromatic rings. The lowest BCUT2D eigenvalue weighted by molar-refractivity contribution is 0.0398. The first kappa shape index (κ1) is 19.4. The Morgan fingerprint density at radius 3 is 2.34 bits per heavy atom. The van der Waals surface area contributed by atoms with Gasteiger partial charge in [-0.3, -0.25) is 4.90 Å². The number of nitrogens with one attached hydrogen (secondary N) is 2. The van der Waals surface area contributed by atoms with Crippen molar-refractivity contribution in [3.05, 3.63) is 66.4 Å². The molecule has 0 radical (unpaired) electrons. The number of hydrogen-bond donors (Lipinski definition) is 2. The van der Waals surface area contributed by atoms with Crippen LogP contribution in [0.1, 0.15) is 5.56 Å². The lowest BCUT2D eigenvalue weighted by atomic mass is 10.0. The van der Waals surface area contributed by atoms with Gasteiger partial charge in [0.1, 0.15) is 5.82 Å². The highest BCUT2D eigenvalue weighted by molar-refractivity contribution is 5.68. The van der Waals surface area contributed by atoms with Gasteiger partial charge < -0.3 is 15.4 Å². The van der Waals surface area contributed by atoms with Crippen molar-refractivity contribution >= 4 is 17.5 Å². The topological polar surface area (TPSA) is 62.3 Å². The van der Waals surface area contributed by atoms with Crippen molar-refractivity contribution in [1.29, 1.82) is 0 Å². The summed E-state index contributed by atoms with van der Waals surface area (Å²) in [6.07, 6.45) is 1.77. The molecule has 1 fully saturated rings. The fraction of sp³-hybridized carbons (Fsp3) is 0.304. The highest BCUT2D eigenvalue weighted by atomic mass is 16.5. The molecule has 0 unspecified atom stereocenters. The van der Waals surface area contributed by atoms with Crippen LogP contribution in [0.5, 0.6) is 0 Å². The molecular weight excluding hydrogens is 362 g/mol. The predicted molar refractivity (Wildman–Crippen MR) is 118 cm³/mol. The van der Waals surface area contributed by atoms with Gasteiger partial charge in [-0.05, 0) is 36.2 Å². The Morgan fingerprint density at radius 1 is 0.931 bits per heavy atom. The molecule has 1 saturated heterocycles. The molecule has 4 rings (SSSR count). The standard InChI is InChI=1S/C23H27N5O/c1-18-2-4-19(5-3-18)20-6-8-21(9-7-20)26-22-10-11-24-23(27-22)25-12-13-28-14-16-29-17-15-28/h2-11H,12-17H2,1H3,(H2,24,25,26,27). The third-order valence-electron chi connectivity index (χ3n) is 5.01. The highest BCUT2D eigenvalue weighted by Gasteiger charge is 2.09. The second kappa shape index (κ2) is 9.49. The SMILES string of the molecule is Cc1ccc(-c2ccc(Nc3ccnc(NCCN4CCOCC4)n3)cc2)cc1. The summed E-state index contributed by atoms with van der Waals surface area (Å²) < 4.78 is 5.38. The normalized spacial score (nSPS) is 14.5. The van der Waals surface area contributed by atoms with Gasteiger partial charge in [0.25, 0.3) is 0 Å². The fourth-order valence-corrected chi connectivity index (χ4v) is 3.30. The van der Waals surface area contributed by atoms with Crippen molar-refractivity contribution in [2.24, 2.45) is 0 Å². The molecule has 1 aromatic heterocycles. The summed E-state index contributed by atoms with van der Waals surface area (Å²) in [5.74, 6) is 1.41. The number of rotatable bonds is 7. The van der Waals surface area contributed by atoms with Gasteiger partial charge in [-0.1, -0.05) is 42.0 Å². The summed E-state index contributed by atoms with van der Waals surface area (Å²) in [5, 5.41) is 6.66. The zero-order valence-electron chi connectivity index (χ0n) is 16.8. The maximum absolute atomic E-state index is 5.38. The molecule has 0 spiro atoms. The van der Waals surface area contributed by atoms with E-state index >= 15 is 0 Å². The summed E-state index contributed by atoms with van der Waals surface area (Å²) in [4.78, 5) is 11.3. The quantitative estimate of drug-likeness (QED) is 0.638. The van der Waals surface area contributed by atoms with E-state index in [-0.39, 0.29) is 0 Å². The second-order valence-electron chi connectivity index (χ2n) is 7.21. The van der Waals surface area contributed by atoms with Crippen molar-refractivity contribution < 1.29 is 4.74 Å². The van der Waals surface area contributed by atoms with E-state index in [4.69, 9.17) is 4.74 Å². The maximum Gasteiger partial charge on any atom is 0.224 e. The molecule has 0 atom stereocenters. The monoisotopic (exact) mass is 389 g/mol. The Labute approximate surface area is 172 Å². The zero-order chi connectivity index (χ0) is 19.9. The number of hydrogen-bond acceptors (Lipinski definition) is 6. The van der Waals surface area contributed by atoms with Crippen LogP contribution in [0.4, 0.5) is 17.5 Å². The number of nitrogens with zero attached hydrogens (tertiary/aromatic N) is 3. The van der Waals surface area contributed by atoms with E-state index in [1.807, 2.05) is 6.07 Å². The molecule has 1 aliphatic rings. The Hall–Kier alpha value is -2.96. The van der Waals surface area contributed by atoms with Gasteiger partial charge in [0.05, 0.1) is 13.2 Å². The van der Waals surface area contributed by atoms with Gasteiger partial charge in [-0.15, -0.1) is 0 Å². The largest absolute Gasteiger partial charge is 0.379 e. The maximum atomic E-state index is 5.38. The number of aryl methyl sites for hydroxylation is 1. The fourth-order valence-electron chi connectivity index (χ4n) is 3.30. The average Bonchev–Trinajstić information content (AvgIpc) is 2.76. The minimum atomic E-state index is 0.638. The lowest BCUT2D eigenvalue weighted by Crippen LogP contribution is -2.39. The van der Waals surface area contributed by atoms with Crippen LogP contribution in [-0.4, -0.2) is 54.3 Å². The molecule has 6 nitrogen and oxygen atoms in total. The van der Waals surface area contributed by atoms with Crippen LogP contribution >= 0.6 is 0 Å². The molecule has 1 aliphatic heterocycles. The summed E-state index contributed by atoms with van der Waals surface area (Å²) in [6, 6.07) is 18.8. The molecular formula is C23H27N5O. The number of anilines is 3. The third-order valence-corrected chi connectivity index (χ3v) is 5.01. The van der Waals surface area contributed by atoms with Crippen LogP contribution in [0.25, 0.3) is 11.1 Å². The third kappa shape index (κ3) is 5.53. The minimum Gasteiger partial charge on any atom is -0.379 e. The Morgan fingerprint density at radius 2 is 1.62 bits per heavy atom. The molecule has 0 amide bonds. The van der Waals surface area contributed by atoms with Crippen molar-refractivity contribution in [3.63, 3.8) is 0 Å². The van der Waals surface area contributed by atoms with Crippen molar-refractivity contribution in [3.8, 4) is 11.1 Å². The van der Waals surface area contributed by atoms with E-state index in [1.54, 1.807) is 6.20 Å². The lowest BCUT2D eigenvalue weighted by Gasteiger charge is -2.26. The van der Waals surface area contributed by atoms with E-state index in [2.05, 4.69) is 81.0 Å². The van der Waals surface area contributed by atoms with Crippen LogP contribution < -0.4 is 10.6 Å². The van der Waals surface area contributed by atoms with Crippen LogP contribution in [0.2, 0.25) is 0 Å². The first-order valence-corrected chi connectivity index (χ1v) is 10.1. The first-order chi connectivity index (χ1) is 14.3. The number of morpholine rings is 1. The highest BCUT2D eigenvalue weighted by Crippen LogP contribution is 2.23. The molecule has 29 heavy (non-hydrogen) atoms. The van der Waals surface area contributed by atoms with Gasteiger partial charge in [-0.2, -0.15) is 4.98 Å². The van der Waals surface area contributed by atoms with Crippen LogP contribution in [0, 0.1) is 6.92 Å². The zero-order valence-corrected chi connectivity index (χ0v) is 16.8. The van der Waals surface area contributed by atoms with Crippen molar-refractivity contribution in [2.45, 2.75) is 6.92 Å². The number of ether oxygens (including phenoxy) is 1. The molecule has 0 bridgehead atoms. The Balaban J connectivity index is 1.33. The van der Waals surface area contributed by atoms with Crippen molar-refractivity contribution in [1.82, 2.24) is 14.9 Å².